The molecule has 0 N–H and O–H groups in total. The molecule has 0 saturated heterocycles. The summed E-state index contributed by atoms with van der Waals surface area (Å²) < 4.78 is 10.1. The molecular weight excluding hydrogens is 370 g/mol. The fourth-order valence-corrected chi connectivity index (χ4v) is 3.26. The van der Waals surface area contributed by atoms with E-state index in [9.17, 15) is 0 Å². The summed E-state index contributed by atoms with van der Waals surface area (Å²) in [6, 6.07) is 5.73. The number of methoxy groups -OCH3 is 1. The van der Waals surface area contributed by atoms with Crippen LogP contribution < -0.4 is 0 Å². The van der Waals surface area contributed by atoms with Gasteiger partial charge in [0.05, 0.1) is 17.9 Å². The fourth-order valence-electron chi connectivity index (χ4n) is 2.68. The van der Waals surface area contributed by atoms with E-state index >= 15 is 0 Å². The van der Waals surface area contributed by atoms with Crippen LogP contribution in [0.3, 0.4) is 0 Å². The molecule has 1 aliphatic heterocycles. The normalized spacial score (nSPS) is 12.5. The van der Waals surface area contributed by atoms with Crippen molar-refractivity contribution in [3.8, 4) is 17.1 Å². The second-order valence-corrected chi connectivity index (χ2v) is 6.16. The average Bonchev–Trinajstić information content (AvgIpc) is 3.02. The van der Waals surface area contributed by atoms with Gasteiger partial charge in [0.2, 0.25) is 0 Å². The molecule has 112 valence electrons. The Balaban J connectivity index is 2.04. The van der Waals surface area contributed by atoms with Crippen molar-refractivity contribution in [3.05, 3.63) is 45.7 Å². The Morgan fingerprint density at radius 1 is 1.36 bits per heavy atom. The standard InChI is InChI=1S/C14H11BrClN5O/c1-22-6-12-18-19-14-9-4-8(16)2-3-10(9)21-7-17-13(15)11(21)5-20(12)14/h2-4,7H,5-6H2,1H3. The molecule has 0 spiro atoms. The zero-order chi connectivity index (χ0) is 15.3. The molecule has 0 amide bonds. The van der Waals surface area contributed by atoms with E-state index in [-0.39, 0.29) is 0 Å². The Kier molecular flexibility index (Phi) is 3.28. The minimum absolute atomic E-state index is 0.397. The number of benzene rings is 1. The average molecular weight is 381 g/mol. The van der Waals surface area contributed by atoms with Crippen LogP contribution >= 0.6 is 27.5 Å². The van der Waals surface area contributed by atoms with Gasteiger partial charge < -0.3 is 9.30 Å². The van der Waals surface area contributed by atoms with Gasteiger partial charge >= 0.3 is 0 Å². The van der Waals surface area contributed by atoms with E-state index in [0.717, 1.165) is 33.2 Å². The van der Waals surface area contributed by atoms with E-state index in [1.807, 2.05) is 27.3 Å². The molecule has 0 saturated carbocycles. The Hall–Kier alpha value is -1.70. The lowest BCUT2D eigenvalue weighted by molar-refractivity contribution is 0.174. The van der Waals surface area contributed by atoms with Crippen molar-refractivity contribution in [3.63, 3.8) is 0 Å². The topological polar surface area (TPSA) is 57.8 Å². The summed E-state index contributed by atoms with van der Waals surface area (Å²) >= 11 is 9.69. The number of fused-ring (bicyclic) bond motifs is 5. The summed E-state index contributed by atoms with van der Waals surface area (Å²) in [5, 5.41) is 9.24. The van der Waals surface area contributed by atoms with Crippen LogP contribution in [0.5, 0.6) is 0 Å². The number of halogens is 2. The molecule has 0 unspecified atom stereocenters. The molecule has 3 aromatic rings. The number of nitrogens with zero attached hydrogens (tertiary/aromatic N) is 5. The predicted octanol–water partition coefficient (Wildman–Crippen LogP) is 3.05. The summed E-state index contributed by atoms with van der Waals surface area (Å²) in [5.74, 6) is 1.55. The van der Waals surface area contributed by atoms with Gasteiger partial charge in [0.25, 0.3) is 0 Å². The Bertz CT molecular complexity index is 872. The van der Waals surface area contributed by atoms with Gasteiger partial charge in [0.1, 0.15) is 17.5 Å². The molecule has 1 aliphatic rings. The third-order valence-corrected chi connectivity index (χ3v) is 4.58. The second-order valence-electron chi connectivity index (χ2n) is 4.97. The molecule has 0 atom stereocenters. The van der Waals surface area contributed by atoms with Crippen molar-refractivity contribution in [2.75, 3.05) is 7.11 Å². The maximum absolute atomic E-state index is 6.18. The summed E-state index contributed by atoms with van der Waals surface area (Å²) in [5.41, 5.74) is 2.93. The highest BCUT2D eigenvalue weighted by molar-refractivity contribution is 9.10. The number of hydrogen-bond acceptors (Lipinski definition) is 4. The molecule has 2 aromatic heterocycles. The minimum Gasteiger partial charge on any atom is -0.377 e. The highest BCUT2D eigenvalue weighted by atomic mass is 79.9. The maximum Gasteiger partial charge on any atom is 0.166 e. The number of hydrogen-bond donors (Lipinski definition) is 0. The Morgan fingerprint density at radius 2 is 2.23 bits per heavy atom. The van der Waals surface area contributed by atoms with E-state index in [1.165, 1.54) is 0 Å². The first kappa shape index (κ1) is 13.9. The number of imidazole rings is 1. The van der Waals surface area contributed by atoms with Crippen LogP contribution in [0.1, 0.15) is 11.5 Å². The van der Waals surface area contributed by atoms with Gasteiger partial charge in [-0.05, 0) is 34.1 Å². The van der Waals surface area contributed by atoms with E-state index in [4.69, 9.17) is 16.3 Å². The molecule has 0 radical (unpaired) electrons. The van der Waals surface area contributed by atoms with Crippen molar-refractivity contribution < 1.29 is 4.74 Å². The van der Waals surface area contributed by atoms with E-state index in [0.29, 0.717) is 18.2 Å². The second kappa shape index (κ2) is 5.19. The zero-order valence-electron chi connectivity index (χ0n) is 11.6. The Morgan fingerprint density at radius 3 is 3.05 bits per heavy atom. The van der Waals surface area contributed by atoms with Crippen molar-refractivity contribution in [2.24, 2.45) is 0 Å². The molecular formula is C14H11BrClN5O. The van der Waals surface area contributed by atoms with E-state index in [2.05, 4.69) is 31.1 Å². The highest BCUT2D eigenvalue weighted by Gasteiger charge is 2.25. The third-order valence-electron chi connectivity index (χ3n) is 3.68. The van der Waals surface area contributed by atoms with Gasteiger partial charge in [-0.25, -0.2) is 4.98 Å². The quantitative estimate of drug-likeness (QED) is 0.536. The van der Waals surface area contributed by atoms with Crippen molar-refractivity contribution in [1.29, 1.82) is 0 Å². The summed E-state index contributed by atoms with van der Waals surface area (Å²) in [6.45, 7) is 1.00. The molecule has 3 heterocycles. The monoisotopic (exact) mass is 379 g/mol. The maximum atomic E-state index is 6.18. The number of aromatic nitrogens is 5. The Labute approximate surface area is 139 Å². The van der Waals surface area contributed by atoms with Crippen LogP contribution in [-0.2, 0) is 17.9 Å². The third kappa shape index (κ3) is 2.00. The molecule has 1 aromatic carbocycles. The molecule has 0 bridgehead atoms. The van der Waals surface area contributed by atoms with Gasteiger partial charge in [0.15, 0.2) is 11.6 Å². The first-order chi connectivity index (χ1) is 10.7. The highest BCUT2D eigenvalue weighted by Crippen LogP contribution is 2.35. The fraction of sp³-hybridized carbons (Fsp3) is 0.214. The van der Waals surface area contributed by atoms with Crippen LogP contribution in [0.2, 0.25) is 5.02 Å². The van der Waals surface area contributed by atoms with Crippen LogP contribution in [-0.4, -0.2) is 31.4 Å². The van der Waals surface area contributed by atoms with Crippen molar-refractivity contribution >= 4 is 27.5 Å². The molecule has 0 fully saturated rings. The minimum atomic E-state index is 0.397. The van der Waals surface area contributed by atoms with Crippen molar-refractivity contribution in [1.82, 2.24) is 24.3 Å². The van der Waals surface area contributed by atoms with Crippen LogP contribution in [0.4, 0.5) is 0 Å². The summed E-state index contributed by atoms with van der Waals surface area (Å²) in [7, 11) is 1.64. The number of rotatable bonds is 2. The zero-order valence-corrected chi connectivity index (χ0v) is 14.0. The van der Waals surface area contributed by atoms with Crippen LogP contribution in [0.15, 0.2) is 29.1 Å². The summed E-state index contributed by atoms with van der Waals surface area (Å²) in [6.07, 6.45) is 1.79. The molecule has 22 heavy (non-hydrogen) atoms. The largest absolute Gasteiger partial charge is 0.377 e. The lowest BCUT2D eigenvalue weighted by Gasteiger charge is -2.08. The molecule has 4 rings (SSSR count). The SMILES string of the molecule is COCc1nnc2n1Cc1c(Br)ncn1-c1ccc(Cl)cc1-2. The van der Waals surface area contributed by atoms with E-state index in [1.54, 1.807) is 13.4 Å². The predicted molar refractivity (Wildman–Crippen MR) is 85.1 cm³/mol. The van der Waals surface area contributed by atoms with Crippen LogP contribution in [0.25, 0.3) is 17.1 Å². The lowest BCUT2D eigenvalue weighted by atomic mass is 10.1. The van der Waals surface area contributed by atoms with Gasteiger partial charge in [-0.1, -0.05) is 11.6 Å². The lowest BCUT2D eigenvalue weighted by Crippen LogP contribution is -2.08. The van der Waals surface area contributed by atoms with Gasteiger partial charge in [-0.15, -0.1) is 10.2 Å². The van der Waals surface area contributed by atoms with Crippen LogP contribution in [0, 0.1) is 0 Å². The molecule has 8 heteroatoms. The van der Waals surface area contributed by atoms with E-state index < -0.39 is 0 Å². The van der Waals surface area contributed by atoms with Crippen molar-refractivity contribution in [2.45, 2.75) is 13.2 Å². The van der Waals surface area contributed by atoms with Gasteiger partial charge in [0, 0.05) is 17.7 Å². The first-order valence-corrected chi connectivity index (χ1v) is 7.79. The first-order valence-electron chi connectivity index (χ1n) is 6.62. The van der Waals surface area contributed by atoms with Gasteiger partial charge in [-0.3, -0.25) is 4.57 Å². The molecule has 0 aliphatic carbocycles. The summed E-state index contributed by atoms with van der Waals surface area (Å²) in [4.78, 5) is 4.36. The molecule has 6 nitrogen and oxygen atoms in total. The number of ether oxygens (including phenoxy) is 1. The van der Waals surface area contributed by atoms with Gasteiger partial charge in [-0.2, -0.15) is 0 Å². The smallest absolute Gasteiger partial charge is 0.166 e.